The van der Waals surface area contributed by atoms with Crippen molar-refractivity contribution in [2.45, 2.75) is 30.0 Å². The minimum absolute atomic E-state index is 0.315. The topological polar surface area (TPSA) is 51.0 Å². The Morgan fingerprint density at radius 2 is 2.20 bits per heavy atom. The van der Waals surface area contributed by atoms with Crippen LogP contribution in [0.5, 0.6) is 0 Å². The van der Waals surface area contributed by atoms with Crippen LogP contribution in [0.1, 0.15) is 18.6 Å². The molecule has 0 amide bonds. The van der Waals surface area contributed by atoms with E-state index in [2.05, 4.69) is 22.4 Å². The smallest absolute Gasteiger partial charge is 0.237 e. The molecule has 1 atom stereocenters. The number of nitrogens with one attached hydrogen (secondary N) is 1. The van der Waals surface area contributed by atoms with Gasteiger partial charge in [0.15, 0.2) is 5.82 Å². The summed E-state index contributed by atoms with van der Waals surface area (Å²) in [5.41, 5.74) is 0. The van der Waals surface area contributed by atoms with Crippen molar-refractivity contribution in [2.75, 3.05) is 7.05 Å². The van der Waals surface area contributed by atoms with Gasteiger partial charge >= 0.3 is 0 Å². The molecule has 0 aliphatic carbocycles. The molecule has 1 unspecified atom stereocenters. The first-order valence-corrected chi connectivity index (χ1v) is 7.89. The molecule has 0 bridgehead atoms. The fourth-order valence-electron chi connectivity index (χ4n) is 1.53. The molecule has 0 aliphatic heterocycles. The summed E-state index contributed by atoms with van der Waals surface area (Å²) in [5.74, 6) is 1.87. The molecule has 0 fully saturated rings. The third-order valence-corrected chi connectivity index (χ3v) is 4.45. The van der Waals surface area contributed by atoms with E-state index in [1.165, 1.54) is 11.8 Å². The molecule has 108 valence electrons. The van der Waals surface area contributed by atoms with Gasteiger partial charge in [-0.15, -0.1) is 11.8 Å². The lowest BCUT2D eigenvalue weighted by molar-refractivity contribution is 0.382. The monoisotopic (exact) mass is 331 g/mol. The Bertz CT molecular complexity index is 576. The van der Waals surface area contributed by atoms with E-state index >= 15 is 0 Å². The fraction of sp³-hybridized carbons (Fsp3) is 0.385. The molecule has 4 nitrogen and oxygen atoms in total. The van der Waals surface area contributed by atoms with Crippen molar-refractivity contribution >= 4 is 35.0 Å². The fourth-order valence-corrected chi connectivity index (χ4v) is 2.87. The zero-order valence-electron chi connectivity index (χ0n) is 11.2. The molecule has 7 heteroatoms. The maximum Gasteiger partial charge on any atom is 0.237 e. The average molecular weight is 332 g/mol. The largest absolute Gasteiger partial charge is 0.338 e. The van der Waals surface area contributed by atoms with Crippen molar-refractivity contribution in [2.24, 2.45) is 0 Å². The van der Waals surface area contributed by atoms with Gasteiger partial charge < -0.3 is 9.84 Å². The van der Waals surface area contributed by atoms with Crippen LogP contribution >= 0.6 is 35.0 Å². The summed E-state index contributed by atoms with van der Waals surface area (Å²) < 4.78 is 5.22. The van der Waals surface area contributed by atoms with Gasteiger partial charge in [0.05, 0.1) is 10.8 Å². The maximum atomic E-state index is 6.10. The minimum Gasteiger partial charge on any atom is -0.338 e. The summed E-state index contributed by atoms with van der Waals surface area (Å²) in [6, 6.07) is 5.68. The lowest BCUT2D eigenvalue weighted by atomic mass is 10.2. The molecule has 2 aromatic rings. The van der Waals surface area contributed by atoms with Gasteiger partial charge in [-0.25, -0.2) is 0 Å². The van der Waals surface area contributed by atoms with Crippen LogP contribution in [0.2, 0.25) is 10.0 Å². The highest BCUT2D eigenvalue weighted by Crippen LogP contribution is 2.31. The quantitative estimate of drug-likeness (QED) is 0.815. The van der Waals surface area contributed by atoms with Gasteiger partial charge in [0.1, 0.15) is 0 Å². The van der Waals surface area contributed by atoms with Crippen molar-refractivity contribution in [3.63, 3.8) is 0 Å². The molecule has 1 aromatic heterocycles. The van der Waals surface area contributed by atoms with Crippen LogP contribution < -0.4 is 5.32 Å². The number of hydrogen-bond acceptors (Lipinski definition) is 5. The average Bonchev–Trinajstić information content (AvgIpc) is 2.87. The molecular weight excluding hydrogens is 317 g/mol. The number of nitrogens with zero attached hydrogens (tertiary/aromatic N) is 2. The van der Waals surface area contributed by atoms with E-state index in [-0.39, 0.29) is 0 Å². The molecule has 0 saturated carbocycles. The zero-order chi connectivity index (χ0) is 14.5. The predicted octanol–water partition coefficient (Wildman–Crippen LogP) is 3.82. The summed E-state index contributed by atoms with van der Waals surface area (Å²) in [6.45, 7) is 2.07. The van der Waals surface area contributed by atoms with Gasteiger partial charge in [-0.3, -0.25) is 0 Å². The number of halogens is 2. The molecule has 0 aliphatic rings. The van der Waals surface area contributed by atoms with Crippen molar-refractivity contribution in [3.05, 3.63) is 40.0 Å². The number of thioether (sulfide) groups is 1. The Balaban J connectivity index is 1.95. The third kappa shape index (κ3) is 4.38. The molecule has 0 spiro atoms. The first-order chi connectivity index (χ1) is 9.58. The second-order valence-corrected chi connectivity index (χ2v) is 6.22. The summed E-state index contributed by atoms with van der Waals surface area (Å²) >= 11 is 13.6. The number of hydrogen-bond donors (Lipinski definition) is 1. The standard InChI is InChI=1S/C13H15Cl2N3OS/c1-8(16-2)5-12-17-13(19-18-12)7-20-11-6-9(14)3-4-10(11)15/h3-4,6,8,16H,5,7H2,1-2H3. The van der Waals surface area contributed by atoms with Gasteiger partial charge in [-0.1, -0.05) is 28.4 Å². The molecule has 20 heavy (non-hydrogen) atoms. The summed E-state index contributed by atoms with van der Waals surface area (Å²) in [7, 11) is 1.91. The number of benzene rings is 1. The van der Waals surface area contributed by atoms with Gasteiger partial charge in [-0.05, 0) is 32.2 Å². The highest BCUT2D eigenvalue weighted by molar-refractivity contribution is 7.98. The first kappa shape index (κ1) is 15.6. The van der Waals surface area contributed by atoms with Gasteiger partial charge in [0.25, 0.3) is 0 Å². The Morgan fingerprint density at radius 3 is 2.95 bits per heavy atom. The maximum absolute atomic E-state index is 6.10. The SMILES string of the molecule is CNC(C)Cc1noc(CSc2cc(Cl)ccc2Cl)n1. The van der Waals surface area contributed by atoms with E-state index < -0.39 is 0 Å². The van der Waals surface area contributed by atoms with Crippen LogP contribution in [0.3, 0.4) is 0 Å². The highest BCUT2D eigenvalue weighted by atomic mass is 35.5. The number of rotatable bonds is 6. The van der Waals surface area contributed by atoms with Gasteiger partial charge in [-0.2, -0.15) is 4.98 Å². The number of aromatic nitrogens is 2. The molecule has 1 aromatic carbocycles. The van der Waals surface area contributed by atoms with Crippen molar-refractivity contribution in [1.29, 1.82) is 0 Å². The van der Waals surface area contributed by atoms with Crippen molar-refractivity contribution in [3.8, 4) is 0 Å². The van der Waals surface area contributed by atoms with Crippen LogP contribution in [0, 0.1) is 0 Å². The summed E-state index contributed by atoms with van der Waals surface area (Å²) in [6.07, 6.45) is 0.739. The zero-order valence-corrected chi connectivity index (χ0v) is 13.5. The predicted molar refractivity (Wildman–Crippen MR) is 82.5 cm³/mol. The molecule has 0 saturated heterocycles. The van der Waals surface area contributed by atoms with E-state index in [4.69, 9.17) is 27.7 Å². The molecule has 1 N–H and O–H groups in total. The van der Waals surface area contributed by atoms with Crippen molar-refractivity contribution < 1.29 is 4.52 Å². The Morgan fingerprint density at radius 1 is 1.40 bits per heavy atom. The number of likely N-dealkylation sites (N-methyl/N-ethyl adjacent to an activating group) is 1. The molecule has 1 heterocycles. The van der Waals surface area contributed by atoms with Crippen LogP contribution in [0.25, 0.3) is 0 Å². The minimum atomic E-state index is 0.315. The highest BCUT2D eigenvalue weighted by Gasteiger charge is 2.11. The molecule has 2 rings (SSSR count). The van der Waals surface area contributed by atoms with E-state index in [0.29, 0.717) is 33.6 Å². The summed E-state index contributed by atoms with van der Waals surface area (Å²) in [5, 5.41) is 8.42. The lowest BCUT2D eigenvalue weighted by Gasteiger charge is -2.04. The van der Waals surface area contributed by atoms with Crippen molar-refractivity contribution in [1.82, 2.24) is 15.5 Å². The first-order valence-electron chi connectivity index (χ1n) is 6.15. The van der Waals surface area contributed by atoms with E-state index in [1.54, 1.807) is 12.1 Å². The van der Waals surface area contributed by atoms with Crippen LogP contribution in [0.4, 0.5) is 0 Å². The van der Waals surface area contributed by atoms with E-state index in [9.17, 15) is 0 Å². The normalized spacial score (nSPS) is 12.6. The Kier molecular flexibility index (Phi) is 5.72. The lowest BCUT2D eigenvalue weighted by Crippen LogP contribution is -2.24. The third-order valence-electron chi connectivity index (χ3n) is 2.74. The van der Waals surface area contributed by atoms with E-state index in [0.717, 1.165) is 11.3 Å². The van der Waals surface area contributed by atoms with Crippen LogP contribution in [-0.4, -0.2) is 23.2 Å². The molecule has 0 radical (unpaired) electrons. The second kappa shape index (κ2) is 7.31. The van der Waals surface area contributed by atoms with Crippen LogP contribution in [-0.2, 0) is 12.2 Å². The van der Waals surface area contributed by atoms with Gasteiger partial charge in [0, 0.05) is 22.4 Å². The Hall–Kier alpha value is -0.750. The summed E-state index contributed by atoms with van der Waals surface area (Å²) in [4.78, 5) is 5.26. The second-order valence-electron chi connectivity index (χ2n) is 4.36. The van der Waals surface area contributed by atoms with E-state index in [1.807, 2.05) is 13.1 Å². The Labute approximate surface area is 132 Å². The van der Waals surface area contributed by atoms with Gasteiger partial charge in [0.2, 0.25) is 5.89 Å². The molecular formula is C13H15Cl2N3OS. The van der Waals surface area contributed by atoms with Crippen LogP contribution in [0.15, 0.2) is 27.6 Å².